The zero-order chi connectivity index (χ0) is 13.8. The second kappa shape index (κ2) is 7.92. The molecule has 1 heterocycles. The Balaban J connectivity index is 0.00000200. The molecule has 1 aromatic heterocycles. The number of halogens is 3. The average molecular weight is 334 g/mol. The molecule has 5 heteroatoms. The van der Waals surface area contributed by atoms with E-state index in [1.54, 1.807) is 0 Å². The molecule has 0 radical (unpaired) electrons. The van der Waals surface area contributed by atoms with Crippen LogP contribution < -0.4 is 0 Å². The Labute approximate surface area is 136 Å². The van der Waals surface area contributed by atoms with Crippen LogP contribution in [0.5, 0.6) is 0 Å². The van der Waals surface area contributed by atoms with Gasteiger partial charge in [-0.2, -0.15) is 0 Å². The number of alkyl halides is 1. The molecule has 0 saturated carbocycles. The third-order valence-electron chi connectivity index (χ3n) is 3.22. The highest BCUT2D eigenvalue weighted by Gasteiger charge is 2.16. The number of aryl methyl sites for hydroxylation is 2. The molecule has 0 N–H and O–H groups in total. The number of rotatable bonds is 5. The predicted octanol–water partition coefficient (Wildman–Crippen LogP) is 5.34. The summed E-state index contributed by atoms with van der Waals surface area (Å²) in [7, 11) is 0. The van der Waals surface area contributed by atoms with Crippen LogP contribution in [0.1, 0.15) is 37.0 Å². The summed E-state index contributed by atoms with van der Waals surface area (Å²) in [5.74, 6) is 1.49. The summed E-state index contributed by atoms with van der Waals surface area (Å²) in [6, 6.07) is 7.82. The number of unbranched alkanes of at least 4 members (excludes halogenated alkanes) is 1. The minimum absolute atomic E-state index is 0. The van der Waals surface area contributed by atoms with Crippen LogP contribution in [0.2, 0.25) is 5.02 Å². The molecule has 0 aliphatic heterocycles. The van der Waals surface area contributed by atoms with Crippen LogP contribution >= 0.6 is 35.6 Å². The maximum Gasteiger partial charge on any atom is 0.113 e. The minimum Gasteiger partial charge on any atom is -0.298 e. The Kier molecular flexibility index (Phi) is 6.87. The molecule has 0 atom stereocenters. The first kappa shape index (κ1) is 17.4. The lowest BCUT2D eigenvalue weighted by molar-refractivity contribution is 0.734. The standard InChI is InChI=1S/C15H18Cl2N2.ClH/c1-3-4-9-15-18-11(2)14(10-16)19(15)13-8-6-5-7-12(13)17;/h5-8H,3-4,9-10H2,1-2H3;1H. The molecule has 0 aliphatic carbocycles. The maximum atomic E-state index is 6.31. The summed E-state index contributed by atoms with van der Waals surface area (Å²) < 4.78 is 2.11. The number of imidazole rings is 1. The largest absolute Gasteiger partial charge is 0.298 e. The molecule has 0 unspecified atom stereocenters. The first-order chi connectivity index (χ1) is 9.19. The van der Waals surface area contributed by atoms with Crippen LogP contribution in [0.3, 0.4) is 0 Å². The van der Waals surface area contributed by atoms with Crippen molar-refractivity contribution < 1.29 is 0 Å². The topological polar surface area (TPSA) is 17.8 Å². The quantitative estimate of drug-likeness (QED) is 0.675. The van der Waals surface area contributed by atoms with E-state index in [2.05, 4.69) is 16.5 Å². The van der Waals surface area contributed by atoms with Gasteiger partial charge in [0.15, 0.2) is 0 Å². The van der Waals surface area contributed by atoms with Crippen molar-refractivity contribution in [2.45, 2.75) is 39.0 Å². The highest BCUT2D eigenvalue weighted by Crippen LogP contribution is 2.26. The van der Waals surface area contributed by atoms with Gasteiger partial charge in [0.1, 0.15) is 5.82 Å². The molecule has 110 valence electrons. The summed E-state index contributed by atoms with van der Waals surface area (Å²) in [5.41, 5.74) is 2.98. The first-order valence-corrected chi connectivity index (χ1v) is 7.48. The van der Waals surface area contributed by atoms with E-state index >= 15 is 0 Å². The lowest BCUT2D eigenvalue weighted by Crippen LogP contribution is -2.05. The molecule has 0 spiro atoms. The fourth-order valence-corrected chi connectivity index (χ4v) is 2.74. The van der Waals surface area contributed by atoms with Gasteiger partial charge >= 0.3 is 0 Å². The number of para-hydroxylation sites is 1. The monoisotopic (exact) mass is 332 g/mol. The van der Waals surface area contributed by atoms with Crippen molar-refractivity contribution in [2.24, 2.45) is 0 Å². The van der Waals surface area contributed by atoms with Gasteiger partial charge in [0.2, 0.25) is 0 Å². The number of hydrogen-bond donors (Lipinski definition) is 0. The van der Waals surface area contributed by atoms with E-state index in [1.165, 1.54) is 0 Å². The summed E-state index contributed by atoms with van der Waals surface area (Å²) in [6.07, 6.45) is 3.20. The Morgan fingerprint density at radius 1 is 1.25 bits per heavy atom. The maximum absolute atomic E-state index is 6.31. The van der Waals surface area contributed by atoms with E-state index in [0.29, 0.717) is 5.88 Å². The van der Waals surface area contributed by atoms with E-state index in [0.717, 1.165) is 47.2 Å². The van der Waals surface area contributed by atoms with Gasteiger partial charge in [-0.15, -0.1) is 24.0 Å². The summed E-state index contributed by atoms with van der Waals surface area (Å²) in [6.45, 7) is 4.18. The highest BCUT2D eigenvalue weighted by molar-refractivity contribution is 6.32. The van der Waals surface area contributed by atoms with Crippen molar-refractivity contribution in [3.8, 4) is 5.69 Å². The van der Waals surface area contributed by atoms with Gasteiger partial charge in [0.25, 0.3) is 0 Å². The van der Waals surface area contributed by atoms with Gasteiger partial charge in [0, 0.05) is 6.42 Å². The van der Waals surface area contributed by atoms with E-state index in [-0.39, 0.29) is 12.4 Å². The normalized spacial score (nSPS) is 10.4. The van der Waals surface area contributed by atoms with Crippen molar-refractivity contribution in [2.75, 3.05) is 0 Å². The van der Waals surface area contributed by atoms with Gasteiger partial charge in [0.05, 0.1) is 28.0 Å². The van der Waals surface area contributed by atoms with Crippen LogP contribution in [0.25, 0.3) is 5.69 Å². The molecule has 0 saturated heterocycles. The second-order valence-electron chi connectivity index (χ2n) is 4.58. The Morgan fingerprint density at radius 3 is 2.55 bits per heavy atom. The fraction of sp³-hybridized carbons (Fsp3) is 0.400. The van der Waals surface area contributed by atoms with Gasteiger partial charge in [-0.3, -0.25) is 4.57 Å². The van der Waals surface area contributed by atoms with E-state index < -0.39 is 0 Å². The third kappa shape index (κ3) is 3.49. The predicted molar refractivity (Wildman–Crippen MR) is 88.7 cm³/mol. The van der Waals surface area contributed by atoms with Crippen molar-refractivity contribution >= 4 is 35.6 Å². The molecule has 0 aliphatic rings. The lowest BCUT2D eigenvalue weighted by Gasteiger charge is -2.12. The van der Waals surface area contributed by atoms with Crippen LogP contribution in [0.4, 0.5) is 0 Å². The smallest absolute Gasteiger partial charge is 0.113 e. The van der Waals surface area contributed by atoms with Crippen molar-refractivity contribution in [3.05, 3.63) is 46.5 Å². The molecular formula is C15H19Cl3N2. The first-order valence-electron chi connectivity index (χ1n) is 6.57. The lowest BCUT2D eigenvalue weighted by atomic mass is 10.2. The number of hydrogen-bond acceptors (Lipinski definition) is 1. The van der Waals surface area contributed by atoms with E-state index in [1.807, 2.05) is 31.2 Å². The molecule has 0 bridgehead atoms. The van der Waals surface area contributed by atoms with Gasteiger partial charge < -0.3 is 0 Å². The minimum atomic E-state index is 0. The second-order valence-corrected chi connectivity index (χ2v) is 5.26. The molecule has 2 nitrogen and oxygen atoms in total. The number of nitrogens with zero attached hydrogens (tertiary/aromatic N) is 2. The van der Waals surface area contributed by atoms with Crippen molar-refractivity contribution in [3.63, 3.8) is 0 Å². The van der Waals surface area contributed by atoms with Crippen molar-refractivity contribution in [1.29, 1.82) is 0 Å². The SMILES string of the molecule is CCCCc1nc(C)c(CCl)n1-c1ccccc1Cl.Cl. The van der Waals surface area contributed by atoms with E-state index in [4.69, 9.17) is 23.2 Å². The van der Waals surface area contributed by atoms with Crippen molar-refractivity contribution in [1.82, 2.24) is 9.55 Å². The summed E-state index contributed by atoms with van der Waals surface area (Å²) >= 11 is 12.4. The van der Waals surface area contributed by atoms with Crippen LogP contribution in [-0.4, -0.2) is 9.55 Å². The fourth-order valence-electron chi connectivity index (χ4n) is 2.20. The van der Waals surface area contributed by atoms with Gasteiger partial charge in [-0.1, -0.05) is 37.1 Å². The molecule has 0 amide bonds. The van der Waals surface area contributed by atoms with Crippen LogP contribution in [0.15, 0.2) is 24.3 Å². The Hall–Kier alpha value is -0.700. The average Bonchev–Trinajstić information content (AvgIpc) is 2.72. The summed E-state index contributed by atoms with van der Waals surface area (Å²) in [4.78, 5) is 4.66. The zero-order valence-corrected chi connectivity index (χ0v) is 14.0. The van der Waals surface area contributed by atoms with Crippen LogP contribution in [-0.2, 0) is 12.3 Å². The molecule has 2 rings (SSSR count). The summed E-state index contributed by atoms with van der Waals surface area (Å²) in [5, 5.41) is 0.726. The number of aromatic nitrogens is 2. The third-order valence-corrected chi connectivity index (χ3v) is 3.79. The van der Waals surface area contributed by atoms with Gasteiger partial charge in [-0.05, 0) is 25.5 Å². The highest BCUT2D eigenvalue weighted by atomic mass is 35.5. The molecule has 2 aromatic rings. The van der Waals surface area contributed by atoms with E-state index in [9.17, 15) is 0 Å². The zero-order valence-electron chi connectivity index (χ0n) is 11.7. The molecular weight excluding hydrogens is 315 g/mol. The molecule has 20 heavy (non-hydrogen) atoms. The molecule has 0 fully saturated rings. The Bertz CT molecular complexity index is 564. The molecule has 1 aromatic carbocycles. The number of benzene rings is 1. The van der Waals surface area contributed by atoms with Crippen LogP contribution in [0, 0.1) is 6.92 Å². The Morgan fingerprint density at radius 2 is 1.95 bits per heavy atom. The van der Waals surface area contributed by atoms with Gasteiger partial charge in [-0.25, -0.2) is 4.98 Å².